The second-order valence-corrected chi connectivity index (χ2v) is 5.15. The van der Waals surface area contributed by atoms with Crippen LogP contribution in [0.3, 0.4) is 0 Å². The van der Waals surface area contributed by atoms with Gasteiger partial charge in [-0.25, -0.2) is 0 Å². The predicted molar refractivity (Wildman–Crippen MR) is 76.6 cm³/mol. The lowest BCUT2D eigenvalue weighted by molar-refractivity contribution is -0.119. The lowest BCUT2D eigenvalue weighted by Crippen LogP contribution is -2.44. The maximum absolute atomic E-state index is 12.2. The number of benzene rings is 1. The summed E-state index contributed by atoms with van der Waals surface area (Å²) in [7, 11) is 1.83. The van der Waals surface area contributed by atoms with E-state index in [9.17, 15) is 4.79 Å². The highest BCUT2D eigenvalue weighted by atomic mass is 16.5. The summed E-state index contributed by atoms with van der Waals surface area (Å²) in [6, 6.07) is 6.23. The van der Waals surface area contributed by atoms with E-state index in [1.165, 1.54) is 11.1 Å². The molecule has 1 aliphatic heterocycles. The van der Waals surface area contributed by atoms with E-state index in [-0.39, 0.29) is 11.9 Å². The number of anilines is 1. The summed E-state index contributed by atoms with van der Waals surface area (Å²) in [5.74, 6) is 0.117. The minimum atomic E-state index is 0.117. The van der Waals surface area contributed by atoms with Gasteiger partial charge in [-0.1, -0.05) is 6.07 Å². The van der Waals surface area contributed by atoms with Crippen LogP contribution in [0, 0.1) is 13.8 Å². The van der Waals surface area contributed by atoms with Crippen molar-refractivity contribution in [3.05, 3.63) is 29.3 Å². The molecule has 1 saturated heterocycles. The summed E-state index contributed by atoms with van der Waals surface area (Å²) in [5.41, 5.74) is 3.40. The van der Waals surface area contributed by atoms with Gasteiger partial charge in [0.25, 0.3) is 0 Å². The van der Waals surface area contributed by atoms with E-state index in [1.807, 2.05) is 13.1 Å². The average molecular weight is 262 g/mol. The van der Waals surface area contributed by atoms with Crippen molar-refractivity contribution >= 4 is 11.6 Å². The Morgan fingerprint density at radius 2 is 2.21 bits per heavy atom. The first-order valence-electron chi connectivity index (χ1n) is 6.73. The number of ether oxygens (including phenoxy) is 1. The zero-order valence-electron chi connectivity index (χ0n) is 11.9. The molecule has 0 spiro atoms. The number of morpholine rings is 1. The predicted octanol–water partition coefficient (Wildman–Crippen LogP) is 1.64. The van der Waals surface area contributed by atoms with Crippen LogP contribution in [0.25, 0.3) is 0 Å². The maximum atomic E-state index is 12.2. The van der Waals surface area contributed by atoms with Gasteiger partial charge in [-0.05, 0) is 37.1 Å². The van der Waals surface area contributed by atoms with Crippen LogP contribution in [0.5, 0.6) is 0 Å². The molecule has 1 N–H and O–H groups in total. The van der Waals surface area contributed by atoms with Crippen LogP contribution in [-0.2, 0) is 9.53 Å². The molecule has 1 heterocycles. The molecule has 0 aliphatic carbocycles. The summed E-state index contributed by atoms with van der Waals surface area (Å²) in [5, 5.41) is 3.30. The molecule has 4 heteroatoms. The van der Waals surface area contributed by atoms with Gasteiger partial charge in [0.05, 0.1) is 13.2 Å². The van der Waals surface area contributed by atoms with Crippen molar-refractivity contribution in [2.75, 3.05) is 31.7 Å². The number of carbonyl (C=O) groups is 1. The molecule has 0 bridgehead atoms. The summed E-state index contributed by atoms with van der Waals surface area (Å²) in [4.78, 5) is 14.0. The van der Waals surface area contributed by atoms with Crippen LogP contribution >= 0.6 is 0 Å². The summed E-state index contributed by atoms with van der Waals surface area (Å²) >= 11 is 0. The van der Waals surface area contributed by atoms with Crippen molar-refractivity contribution in [1.29, 1.82) is 0 Å². The third-order valence-electron chi connectivity index (χ3n) is 3.67. The van der Waals surface area contributed by atoms with Crippen LogP contribution in [-0.4, -0.2) is 38.8 Å². The lowest BCUT2D eigenvalue weighted by Gasteiger charge is -2.26. The van der Waals surface area contributed by atoms with Crippen molar-refractivity contribution in [3.63, 3.8) is 0 Å². The molecule has 1 fully saturated rings. The fourth-order valence-corrected chi connectivity index (χ4v) is 2.18. The maximum Gasteiger partial charge on any atom is 0.228 e. The number of hydrogen-bond donors (Lipinski definition) is 1. The monoisotopic (exact) mass is 262 g/mol. The Morgan fingerprint density at radius 1 is 1.42 bits per heavy atom. The van der Waals surface area contributed by atoms with Gasteiger partial charge < -0.3 is 15.0 Å². The quantitative estimate of drug-likeness (QED) is 0.900. The number of nitrogens with zero attached hydrogens (tertiary/aromatic N) is 1. The Kier molecular flexibility index (Phi) is 4.56. The Balaban J connectivity index is 1.99. The van der Waals surface area contributed by atoms with E-state index >= 15 is 0 Å². The molecular weight excluding hydrogens is 240 g/mol. The van der Waals surface area contributed by atoms with Gasteiger partial charge in [0.15, 0.2) is 0 Å². The Morgan fingerprint density at radius 3 is 2.84 bits per heavy atom. The zero-order valence-corrected chi connectivity index (χ0v) is 11.9. The van der Waals surface area contributed by atoms with Crippen LogP contribution < -0.4 is 10.2 Å². The SMILES string of the molecule is Cc1ccc(N(C)C(=O)CC2COCCN2)cc1C. The number of hydrogen-bond acceptors (Lipinski definition) is 3. The molecule has 1 unspecified atom stereocenters. The molecule has 1 amide bonds. The highest BCUT2D eigenvalue weighted by Crippen LogP contribution is 2.18. The molecule has 1 aliphatic rings. The Bertz CT molecular complexity index is 453. The minimum absolute atomic E-state index is 0.117. The fourth-order valence-electron chi connectivity index (χ4n) is 2.18. The molecule has 1 aromatic rings. The highest BCUT2D eigenvalue weighted by Gasteiger charge is 2.20. The van der Waals surface area contributed by atoms with E-state index in [0.717, 1.165) is 18.8 Å². The fraction of sp³-hybridized carbons (Fsp3) is 0.533. The van der Waals surface area contributed by atoms with Crippen LogP contribution in [0.1, 0.15) is 17.5 Å². The van der Waals surface area contributed by atoms with E-state index in [0.29, 0.717) is 13.0 Å². The van der Waals surface area contributed by atoms with Gasteiger partial charge in [-0.3, -0.25) is 4.79 Å². The van der Waals surface area contributed by atoms with Crippen LogP contribution in [0.15, 0.2) is 18.2 Å². The first-order valence-corrected chi connectivity index (χ1v) is 6.73. The number of amides is 1. The van der Waals surface area contributed by atoms with Crippen LogP contribution in [0.4, 0.5) is 5.69 Å². The van der Waals surface area contributed by atoms with E-state index < -0.39 is 0 Å². The smallest absolute Gasteiger partial charge is 0.228 e. The van der Waals surface area contributed by atoms with Gasteiger partial charge in [-0.2, -0.15) is 0 Å². The average Bonchev–Trinajstić information content (AvgIpc) is 2.42. The first-order chi connectivity index (χ1) is 9.08. The largest absolute Gasteiger partial charge is 0.378 e. The van der Waals surface area contributed by atoms with Gasteiger partial charge >= 0.3 is 0 Å². The van der Waals surface area contributed by atoms with Crippen LogP contribution in [0.2, 0.25) is 0 Å². The standard InChI is InChI=1S/C15H22N2O2/c1-11-4-5-14(8-12(11)2)17(3)15(18)9-13-10-19-7-6-16-13/h4-5,8,13,16H,6-7,9-10H2,1-3H3. The molecule has 1 aromatic carbocycles. The summed E-state index contributed by atoms with van der Waals surface area (Å²) in [6.07, 6.45) is 0.476. The van der Waals surface area contributed by atoms with E-state index in [2.05, 4.69) is 31.3 Å². The van der Waals surface area contributed by atoms with E-state index in [1.54, 1.807) is 4.90 Å². The molecule has 104 valence electrons. The van der Waals surface area contributed by atoms with Crippen molar-refractivity contribution < 1.29 is 9.53 Å². The second-order valence-electron chi connectivity index (χ2n) is 5.15. The van der Waals surface area contributed by atoms with Gasteiger partial charge in [0.1, 0.15) is 0 Å². The van der Waals surface area contributed by atoms with Gasteiger partial charge in [0.2, 0.25) is 5.91 Å². The number of carbonyl (C=O) groups excluding carboxylic acids is 1. The van der Waals surface area contributed by atoms with Crippen molar-refractivity contribution in [2.24, 2.45) is 0 Å². The minimum Gasteiger partial charge on any atom is -0.378 e. The Labute approximate surface area is 114 Å². The third kappa shape index (κ3) is 3.55. The number of aryl methyl sites for hydroxylation is 2. The molecule has 4 nitrogen and oxygen atoms in total. The topological polar surface area (TPSA) is 41.6 Å². The molecule has 1 atom stereocenters. The summed E-state index contributed by atoms with van der Waals surface area (Å²) in [6.45, 7) is 6.31. The third-order valence-corrected chi connectivity index (χ3v) is 3.67. The molecular formula is C15H22N2O2. The highest BCUT2D eigenvalue weighted by molar-refractivity contribution is 5.93. The molecule has 0 saturated carbocycles. The molecule has 0 radical (unpaired) electrons. The number of rotatable bonds is 3. The van der Waals surface area contributed by atoms with Gasteiger partial charge in [-0.15, -0.1) is 0 Å². The molecule has 0 aromatic heterocycles. The zero-order chi connectivity index (χ0) is 13.8. The Hall–Kier alpha value is -1.39. The van der Waals surface area contributed by atoms with Crippen molar-refractivity contribution in [2.45, 2.75) is 26.3 Å². The molecule has 19 heavy (non-hydrogen) atoms. The normalized spacial score (nSPS) is 19.2. The van der Waals surface area contributed by atoms with Gasteiger partial charge in [0, 0.05) is 31.7 Å². The van der Waals surface area contributed by atoms with Crippen molar-refractivity contribution in [3.8, 4) is 0 Å². The first kappa shape index (κ1) is 14.0. The number of nitrogens with one attached hydrogen (secondary N) is 1. The van der Waals surface area contributed by atoms with Crippen molar-refractivity contribution in [1.82, 2.24) is 5.32 Å². The second kappa shape index (κ2) is 6.17. The van der Waals surface area contributed by atoms with E-state index in [4.69, 9.17) is 4.74 Å². The lowest BCUT2D eigenvalue weighted by atomic mass is 10.1. The summed E-state index contributed by atoms with van der Waals surface area (Å²) < 4.78 is 5.37. The molecule has 2 rings (SSSR count).